The third-order valence-corrected chi connectivity index (χ3v) is 23.6. The first-order valence-electron chi connectivity index (χ1n) is 46.7. The van der Waals surface area contributed by atoms with Crippen LogP contribution < -0.4 is 28.4 Å². The van der Waals surface area contributed by atoms with E-state index in [1.807, 2.05) is 30.3 Å². The van der Waals surface area contributed by atoms with Crippen LogP contribution in [0.4, 0.5) is 0 Å². The molecular formula is C101H146O19. The number of carbonyl (C=O) groups excluding carboxylic acids is 6. The normalized spacial score (nSPS) is 15.7. The number of carboxylic acid groups (broad SMARTS) is 1. The second-order valence-corrected chi connectivity index (χ2v) is 33.3. The van der Waals surface area contributed by atoms with Gasteiger partial charge in [0.25, 0.3) is 0 Å². The van der Waals surface area contributed by atoms with Crippen molar-refractivity contribution in [2.75, 3.05) is 59.5 Å². The molecule has 0 spiro atoms. The number of ether oxygens (including phenoxy) is 10. The number of rotatable bonds is 69. The van der Waals surface area contributed by atoms with E-state index in [4.69, 9.17) is 47.4 Å². The minimum atomic E-state index is -1.07. The Bertz CT molecular complexity index is 3580. The summed E-state index contributed by atoms with van der Waals surface area (Å²) in [5.41, 5.74) is 4.37. The number of aliphatic hydroxyl groups excluding tert-OH is 1. The van der Waals surface area contributed by atoms with Crippen LogP contribution in [0, 0.1) is 11.8 Å². The molecule has 664 valence electrons. The van der Waals surface area contributed by atoms with E-state index in [-0.39, 0.29) is 50.2 Å². The second-order valence-electron chi connectivity index (χ2n) is 33.3. The van der Waals surface area contributed by atoms with Gasteiger partial charge in [0.15, 0.2) is 0 Å². The van der Waals surface area contributed by atoms with Crippen LogP contribution >= 0.6 is 0 Å². The zero-order valence-electron chi connectivity index (χ0n) is 72.9. The maximum absolute atomic E-state index is 12.9. The highest BCUT2D eigenvalue weighted by molar-refractivity contribution is 5.94. The van der Waals surface area contributed by atoms with Crippen molar-refractivity contribution in [2.24, 2.45) is 11.8 Å². The third-order valence-electron chi connectivity index (χ3n) is 23.6. The zero-order valence-corrected chi connectivity index (χ0v) is 72.9. The average molecular weight is 1660 g/mol. The Labute approximate surface area is 717 Å². The van der Waals surface area contributed by atoms with Gasteiger partial charge in [0.1, 0.15) is 64.8 Å². The van der Waals surface area contributed by atoms with E-state index in [9.17, 15) is 43.8 Å². The molecule has 2 N–H and O–H groups in total. The van der Waals surface area contributed by atoms with E-state index in [0.29, 0.717) is 141 Å². The summed E-state index contributed by atoms with van der Waals surface area (Å²) in [5.74, 6) is 3.57. The summed E-state index contributed by atoms with van der Waals surface area (Å²) >= 11 is 0. The van der Waals surface area contributed by atoms with Gasteiger partial charge in [-0.15, -0.1) is 0 Å². The summed E-state index contributed by atoms with van der Waals surface area (Å²) in [7, 11) is 0. The maximum atomic E-state index is 12.9. The molecule has 2 aliphatic carbocycles. The Morgan fingerprint density at radius 2 is 0.692 bits per heavy atom. The zero-order chi connectivity index (χ0) is 85.1. The molecule has 0 aliphatic heterocycles. The fourth-order valence-corrected chi connectivity index (χ4v) is 16.3. The van der Waals surface area contributed by atoms with E-state index in [1.54, 1.807) is 54.6 Å². The van der Waals surface area contributed by atoms with Gasteiger partial charge in [-0.1, -0.05) is 205 Å². The molecule has 7 rings (SSSR count). The smallest absolute Gasteiger partial charge is 0.343 e. The molecule has 0 aromatic heterocycles. The molecule has 2 unspecified atom stereocenters. The van der Waals surface area contributed by atoms with Crippen molar-refractivity contribution in [3.63, 3.8) is 0 Å². The van der Waals surface area contributed by atoms with Crippen molar-refractivity contribution in [2.45, 2.75) is 340 Å². The Balaban J connectivity index is 0.631. The van der Waals surface area contributed by atoms with Crippen LogP contribution in [0.2, 0.25) is 0 Å². The average Bonchev–Trinajstić information content (AvgIpc) is 0.806. The standard InChI is InChI=1S/C101H146O19/c1-3-5-25-37-79-40-44-81(45-41-79)83-48-60-89(61-49-83)119-100(109)85-52-56-87(57-53-85)111-67-29-17-7-9-19-31-69-113-91(77-103)75-96(105)117-73-35-23-13-11-21-33-71-115-94-64-65-95(98(99(107)108)93(94)39-27-15-16-28-66-102)116-72-34-22-12-14-24-36-74-118-97(106)76-92(78-104)114-70-32-20-10-8-18-30-68-112-88-58-54-86(55-59-88)101(110)120-90-62-50-84(51-63-90)82-46-42-80(43-47-82)38-26-6-4-2/h48-65,77-82,91-92,102H,3-47,66-76H2,1-2H3,(H,107,108). The lowest BCUT2D eigenvalue weighted by Crippen LogP contribution is -2.21. The molecule has 120 heavy (non-hydrogen) atoms. The molecule has 0 saturated heterocycles. The van der Waals surface area contributed by atoms with Gasteiger partial charge in [-0.25, -0.2) is 14.4 Å². The molecule has 19 nitrogen and oxygen atoms in total. The lowest BCUT2D eigenvalue weighted by atomic mass is 9.77. The number of aldehydes is 2. The molecule has 5 aromatic rings. The summed E-state index contributed by atoms with van der Waals surface area (Å²) in [4.78, 5) is 87.2. The van der Waals surface area contributed by atoms with Crippen molar-refractivity contribution in [3.05, 3.63) is 143 Å². The molecule has 0 bridgehead atoms. The monoisotopic (exact) mass is 1660 g/mol. The Morgan fingerprint density at radius 1 is 0.358 bits per heavy atom. The van der Waals surface area contributed by atoms with Crippen LogP contribution in [-0.4, -0.2) is 124 Å². The van der Waals surface area contributed by atoms with E-state index in [1.165, 1.54) is 114 Å². The number of esters is 4. The van der Waals surface area contributed by atoms with Crippen LogP contribution in [0.25, 0.3) is 0 Å². The topological polar surface area (TPSA) is 252 Å². The molecule has 2 atom stereocenters. The lowest BCUT2D eigenvalue weighted by molar-refractivity contribution is -0.149. The number of carboxylic acids is 1. The molecule has 2 fully saturated rings. The Hall–Kier alpha value is -8.13. The summed E-state index contributed by atoms with van der Waals surface area (Å²) in [5, 5.41) is 19.8. The first-order valence-corrected chi connectivity index (χ1v) is 46.7. The maximum Gasteiger partial charge on any atom is 0.343 e. The first kappa shape index (κ1) is 99.0. The highest BCUT2D eigenvalue weighted by Crippen LogP contribution is 2.41. The van der Waals surface area contributed by atoms with Crippen LogP contribution in [0.1, 0.15) is 369 Å². The van der Waals surface area contributed by atoms with E-state index < -0.39 is 30.1 Å². The van der Waals surface area contributed by atoms with Crippen LogP contribution in [0.3, 0.4) is 0 Å². The quantitative estimate of drug-likeness (QED) is 0.0159. The first-order chi connectivity index (χ1) is 58.9. The molecule has 0 radical (unpaired) electrons. The fraction of sp³-hybridized carbons (Fsp3) is 0.634. The third kappa shape index (κ3) is 41.2. The van der Waals surface area contributed by atoms with Crippen molar-refractivity contribution in [1.82, 2.24) is 0 Å². The molecule has 2 saturated carbocycles. The van der Waals surface area contributed by atoms with E-state index in [0.717, 1.165) is 172 Å². The molecule has 0 amide bonds. The van der Waals surface area contributed by atoms with E-state index >= 15 is 0 Å². The number of unbranched alkanes of at least 4 members (excludes halogenated alkanes) is 27. The number of benzene rings is 5. The number of hydrogen-bond acceptors (Lipinski definition) is 18. The fourth-order valence-electron chi connectivity index (χ4n) is 16.3. The van der Waals surface area contributed by atoms with E-state index in [2.05, 4.69) is 38.1 Å². The van der Waals surface area contributed by atoms with Gasteiger partial charge in [0.05, 0.1) is 63.6 Å². The number of aliphatic hydroxyl groups is 1. The van der Waals surface area contributed by atoms with Gasteiger partial charge in [-0.3, -0.25) is 9.59 Å². The van der Waals surface area contributed by atoms with Crippen molar-refractivity contribution >= 4 is 42.4 Å². The second kappa shape index (κ2) is 62.0. The summed E-state index contributed by atoms with van der Waals surface area (Å²) in [6, 6.07) is 33.8. The highest BCUT2D eigenvalue weighted by Gasteiger charge is 2.26. The summed E-state index contributed by atoms with van der Waals surface area (Å²) in [6.45, 7) is 7.93. The predicted molar refractivity (Wildman–Crippen MR) is 472 cm³/mol. The Kier molecular flexibility index (Phi) is 51.2. The van der Waals surface area contributed by atoms with Crippen molar-refractivity contribution < 1.29 is 91.1 Å². The lowest BCUT2D eigenvalue weighted by Gasteiger charge is -2.29. The van der Waals surface area contributed by atoms with Gasteiger partial charge in [0.2, 0.25) is 0 Å². The van der Waals surface area contributed by atoms with Crippen molar-refractivity contribution in [1.29, 1.82) is 0 Å². The number of carbonyl (C=O) groups is 7. The highest BCUT2D eigenvalue weighted by atomic mass is 16.6. The Morgan fingerprint density at radius 3 is 1.07 bits per heavy atom. The molecule has 19 heteroatoms. The summed E-state index contributed by atoms with van der Waals surface area (Å²) in [6.07, 6.45) is 45.6. The number of hydrogen-bond donors (Lipinski definition) is 2. The largest absolute Gasteiger partial charge is 0.494 e. The van der Waals surface area contributed by atoms with Crippen LogP contribution in [0.15, 0.2) is 109 Å². The molecule has 2 aliphatic rings. The van der Waals surface area contributed by atoms with Crippen LogP contribution in [0.5, 0.6) is 34.5 Å². The summed E-state index contributed by atoms with van der Waals surface area (Å²) < 4.78 is 58.0. The minimum Gasteiger partial charge on any atom is -0.494 e. The minimum absolute atomic E-state index is 0.109. The van der Waals surface area contributed by atoms with Gasteiger partial charge in [0, 0.05) is 25.4 Å². The SMILES string of the molecule is CCCCCC1CCC(c2ccc(OC(=O)c3ccc(OCCCCCCCCOC(C=O)CC(=O)OCCCCCCCCOc4ccc(OCCCCCCCCOC(=O)CC(C=O)OCCCCCCCCOc5ccc(C(=O)Oc6ccc(C7CCC(CCCCC)CC7)cc6)cc5)c(C(=O)O)c4CCCCCCO)cc3)cc2)CC1. The van der Waals surface area contributed by atoms with Gasteiger partial charge < -0.3 is 67.2 Å². The predicted octanol–water partition coefficient (Wildman–Crippen LogP) is 23.9. The molecule has 0 heterocycles. The molecular weight excluding hydrogens is 1520 g/mol. The number of aromatic carboxylic acids is 1. The molecule has 5 aromatic carbocycles. The van der Waals surface area contributed by atoms with Gasteiger partial charge >= 0.3 is 29.8 Å². The van der Waals surface area contributed by atoms with Gasteiger partial charge in [-0.05, 0) is 242 Å². The van der Waals surface area contributed by atoms with Gasteiger partial charge in [-0.2, -0.15) is 0 Å². The van der Waals surface area contributed by atoms with Crippen molar-refractivity contribution in [3.8, 4) is 34.5 Å². The van der Waals surface area contributed by atoms with Crippen LogP contribution in [-0.2, 0) is 44.5 Å².